The minimum Gasteiger partial charge on any atom is -0.389 e. The van der Waals surface area contributed by atoms with Crippen LogP contribution in [0.5, 0.6) is 0 Å². The Bertz CT molecular complexity index is 186. The van der Waals surface area contributed by atoms with Crippen LogP contribution in [0.2, 0.25) is 0 Å². The normalized spacial score (nSPS) is 21.4. The zero-order valence-electron chi connectivity index (χ0n) is 11.2. The molecule has 1 rings (SSSR count). The molecule has 2 atom stereocenters. The van der Waals surface area contributed by atoms with E-state index in [4.69, 9.17) is 4.74 Å². The molecule has 0 amide bonds. The molecular formula is C13H27NO2S. The summed E-state index contributed by atoms with van der Waals surface area (Å²) in [6, 6.07) is 0.453. The number of hydrogen-bond acceptors (Lipinski definition) is 4. The molecule has 102 valence electrons. The molecule has 17 heavy (non-hydrogen) atoms. The second kappa shape index (κ2) is 9.20. The summed E-state index contributed by atoms with van der Waals surface area (Å²) in [5.74, 6) is 1.08. The van der Waals surface area contributed by atoms with Gasteiger partial charge in [-0.1, -0.05) is 19.3 Å². The van der Waals surface area contributed by atoms with Crippen molar-refractivity contribution in [1.82, 2.24) is 5.32 Å². The molecule has 2 N–H and O–H groups in total. The molecule has 0 aliphatic heterocycles. The van der Waals surface area contributed by atoms with Crippen LogP contribution in [-0.2, 0) is 4.74 Å². The Kier molecular flexibility index (Phi) is 8.27. The van der Waals surface area contributed by atoms with E-state index in [1.807, 2.05) is 11.8 Å². The van der Waals surface area contributed by atoms with Crippen LogP contribution in [0.3, 0.4) is 0 Å². The quantitative estimate of drug-likeness (QED) is 0.701. The molecule has 4 heteroatoms. The lowest BCUT2D eigenvalue weighted by Crippen LogP contribution is -2.38. The fourth-order valence-electron chi connectivity index (χ4n) is 2.18. The average Bonchev–Trinajstić information content (AvgIpc) is 2.35. The monoisotopic (exact) mass is 261 g/mol. The maximum absolute atomic E-state index is 9.80. The summed E-state index contributed by atoms with van der Waals surface area (Å²) >= 11 is 1.82. The first-order valence-electron chi connectivity index (χ1n) is 6.74. The Morgan fingerprint density at radius 2 is 2.06 bits per heavy atom. The number of nitrogens with one attached hydrogen (secondary N) is 1. The van der Waals surface area contributed by atoms with Gasteiger partial charge in [0.05, 0.1) is 18.8 Å². The van der Waals surface area contributed by atoms with Crippen molar-refractivity contribution in [3.63, 3.8) is 0 Å². The second-order valence-corrected chi connectivity index (χ2v) is 5.92. The minimum absolute atomic E-state index is 0.374. The van der Waals surface area contributed by atoms with Gasteiger partial charge in [-0.05, 0) is 26.0 Å². The highest BCUT2D eigenvalue weighted by atomic mass is 32.2. The number of hydrogen-bond donors (Lipinski definition) is 2. The van der Waals surface area contributed by atoms with Crippen LogP contribution in [0.25, 0.3) is 0 Å². The first kappa shape index (κ1) is 15.3. The van der Waals surface area contributed by atoms with Gasteiger partial charge in [0.15, 0.2) is 0 Å². The maximum atomic E-state index is 9.80. The van der Waals surface area contributed by atoms with Gasteiger partial charge >= 0.3 is 0 Å². The third kappa shape index (κ3) is 7.29. The molecule has 0 bridgehead atoms. The van der Waals surface area contributed by atoms with E-state index in [0.29, 0.717) is 25.3 Å². The molecule has 1 aliphatic carbocycles. The van der Waals surface area contributed by atoms with Crippen LogP contribution in [0.15, 0.2) is 0 Å². The molecule has 0 saturated heterocycles. The lowest BCUT2D eigenvalue weighted by atomic mass is 9.98. The summed E-state index contributed by atoms with van der Waals surface area (Å²) in [5.41, 5.74) is 0. The smallest absolute Gasteiger partial charge is 0.0897 e. The van der Waals surface area contributed by atoms with Crippen molar-refractivity contribution in [1.29, 1.82) is 0 Å². The number of rotatable bonds is 8. The Labute approximate surface area is 110 Å². The molecule has 0 spiro atoms. The van der Waals surface area contributed by atoms with Gasteiger partial charge in [-0.3, -0.25) is 0 Å². The van der Waals surface area contributed by atoms with Gasteiger partial charge in [-0.25, -0.2) is 0 Å². The van der Waals surface area contributed by atoms with E-state index < -0.39 is 0 Å². The molecule has 0 radical (unpaired) electrons. The molecule has 2 unspecified atom stereocenters. The van der Waals surface area contributed by atoms with Crippen molar-refractivity contribution in [2.75, 3.05) is 25.2 Å². The fraction of sp³-hybridized carbons (Fsp3) is 1.00. The number of ether oxygens (including phenoxy) is 1. The first-order valence-corrected chi connectivity index (χ1v) is 8.13. The van der Waals surface area contributed by atoms with E-state index in [1.165, 1.54) is 32.1 Å². The van der Waals surface area contributed by atoms with Crippen LogP contribution >= 0.6 is 11.8 Å². The highest BCUT2D eigenvalue weighted by molar-refractivity contribution is 7.98. The zero-order valence-corrected chi connectivity index (χ0v) is 12.0. The Morgan fingerprint density at radius 3 is 2.71 bits per heavy atom. The van der Waals surface area contributed by atoms with E-state index in [0.717, 1.165) is 5.75 Å². The summed E-state index contributed by atoms with van der Waals surface area (Å²) in [5, 5.41) is 13.1. The molecule has 0 aromatic heterocycles. The minimum atomic E-state index is -0.374. The maximum Gasteiger partial charge on any atom is 0.0897 e. The van der Waals surface area contributed by atoms with Gasteiger partial charge in [-0.15, -0.1) is 0 Å². The van der Waals surface area contributed by atoms with Crippen LogP contribution in [0.1, 0.15) is 39.0 Å². The molecule has 0 aromatic carbocycles. The van der Waals surface area contributed by atoms with Crippen molar-refractivity contribution in [3.8, 4) is 0 Å². The second-order valence-electron chi connectivity index (χ2n) is 5.01. The summed E-state index contributed by atoms with van der Waals surface area (Å²) in [4.78, 5) is 0. The van der Waals surface area contributed by atoms with Gasteiger partial charge < -0.3 is 15.2 Å². The van der Waals surface area contributed by atoms with Crippen molar-refractivity contribution < 1.29 is 9.84 Å². The highest BCUT2D eigenvalue weighted by Crippen LogP contribution is 2.20. The topological polar surface area (TPSA) is 41.5 Å². The Morgan fingerprint density at radius 1 is 1.35 bits per heavy atom. The van der Waals surface area contributed by atoms with Crippen molar-refractivity contribution in [3.05, 3.63) is 0 Å². The van der Waals surface area contributed by atoms with Crippen molar-refractivity contribution in [2.45, 2.75) is 57.3 Å². The zero-order chi connectivity index (χ0) is 12.5. The predicted octanol–water partition coefficient (Wildman–Crippen LogP) is 2.04. The number of aliphatic hydroxyl groups excluding tert-OH is 1. The summed E-state index contributed by atoms with van der Waals surface area (Å²) < 4.78 is 5.74. The largest absolute Gasteiger partial charge is 0.389 e. The SMILES string of the molecule is CSCC(C)NCC(O)COC1CCCCC1. The van der Waals surface area contributed by atoms with E-state index in [1.54, 1.807) is 0 Å². The standard InChI is InChI=1S/C13H27NO2S/c1-11(10-17-2)14-8-12(15)9-16-13-6-4-3-5-7-13/h11-15H,3-10H2,1-2H3. The van der Waals surface area contributed by atoms with Gasteiger partial charge in [0.2, 0.25) is 0 Å². The fourth-order valence-corrected chi connectivity index (χ4v) is 2.80. The molecule has 3 nitrogen and oxygen atoms in total. The molecule has 0 heterocycles. The molecule has 1 fully saturated rings. The van der Waals surface area contributed by atoms with Gasteiger partial charge in [0.1, 0.15) is 0 Å². The molecule has 1 saturated carbocycles. The predicted molar refractivity (Wildman–Crippen MR) is 74.7 cm³/mol. The van der Waals surface area contributed by atoms with Crippen LogP contribution < -0.4 is 5.32 Å². The van der Waals surface area contributed by atoms with E-state index in [-0.39, 0.29) is 6.10 Å². The summed E-state index contributed by atoms with van der Waals surface area (Å²) in [6.45, 7) is 3.25. The first-order chi connectivity index (χ1) is 8.22. The van der Waals surface area contributed by atoms with E-state index in [2.05, 4.69) is 18.5 Å². The summed E-state index contributed by atoms with van der Waals surface area (Å²) in [6.07, 6.45) is 8.36. The third-order valence-electron chi connectivity index (χ3n) is 3.20. The Balaban J connectivity index is 2.01. The molecule has 0 aromatic rings. The van der Waals surface area contributed by atoms with Crippen LogP contribution in [0.4, 0.5) is 0 Å². The Hall–Kier alpha value is 0.230. The van der Waals surface area contributed by atoms with E-state index >= 15 is 0 Å². The summed E-state index contributed by atoms with van der Waals surface area (Å²) in [7, 11) is 0. The average molecular weight is 261 g/mol. The van der Waals surface area contributed by atoms with Crippen LogP contribution in [0, 0.1) is 0 Å². The van der Waals surface area contributed by atoms with Gasteiger partial charge in [0.25, 0.3) is 0 Å². The van der Waals surface area contributed by atoms with Crippen LogP contribution in [-0.4, -0.2) is 48.5 Å². The number of thioether (sulfide) groups is 1. The number of aliphatic hydroxyl groups is 1. The third-order valence-corrected chi connectivity index (χ3v) is 4.03. The molecular weight excluding hydrogens is 234 g/mol. The van der Waals surface area contributed by atoms with Gasteiger partial charge in [-0.2, -0.15) is 11.8 Å². The van der Waals surface area contributed by atoms with Gasteiger partial charge in [0, 0.05) is 18.3 Å². The molecule has 1 aliphatic rings. The highest BCUT2D eigenvalue weighted by Gasteiger charge is 2.15. The lowest BCUT2D eigenvalue weighted by molar-refractivity contribution is -0.0233. The van der Waals surface area contributed by atoms with Crippen molar-refractivity contribution in [2.24, 2.45) is 0 Å². The van der Waals surface area contributed by atoms with E-state index in [9.17, 15) is 5.11 Å². The van der Waals surface area contributed by atoms with Crippen molar-refractivity contribution >= 4 is 11.8 Å². The lowest BCUT2D eigenvalue weighted by Gasteiger charge is -2.24.